The first-order valence-electron chi connectivity index (χ1n) is 5.74. The number of likely N-dealkylation sites (tertiary alicyclic amines) is 1. The van der Waals surface area contributed by atoms with Gasteiger partial charge in [-0.2, -0.15) is 0 Å². The van der Waals surface area contributed by atoms with Gasteiger partial charge in [0.2, 0.25) is 0 Å². The molecule has 1 rings (SSSR count). The molecule has 3 nitrogen and oxygen atoms in total. The molecule has 0 aliphatic carbocycles. The van der Waals surface area contributed by atoms with E-state index in [-0.39, 0.29) is 12.6 Å². The Bertz CT molecular complexity index is 159. The van der Waals surface area contributed by atoms with E-state index in [0.29, 0.717) is 12.1 Å². The van der Waals surface area contributed by atoms with Crippen molar-refractivity contribution in [1.82, 2.24) is 10.2 Å². The van der Waals surface area contributed by atoms with Gasteiger partial charge in [0.1, 0.15) is 0 Å². The van der Waals surface area contributed by atoms with Gasteiger partial charge in [-0.15, -0.1) is 0 Å². The van der Waals surface area contributed by atoms with Gasteiger partial charge < -0.3 is 15.3 Å². The maximum absolute atomic E-state index is 9.10. The second kappa shape index (κ2) is 5.69. The summed E-state index contributed by atoms with van der Waals surface area (Å²) in [4.78, 5) is 2.40. The van der Waals surface area contributed by atoms with E-state index < -0.39 is 0 Å². The van der Waals surface area contributed by atoms with Gasteiger partial charge in [-0.25, -0.2) is 0 Å². The first-order valence-corrected chi connectivity index (χ1v) is 5.74. The Morgan fingerprint density at radius 1 is 1.57 bits per heavy atom. The molecule has 3 heteroatoms. The Morgan fingerprint density at radius 3 is 2.79 bits per heavy atom. The van der Waals surface area contributed by atoms with Crippen LogP contribution in [0.25, 0.3) is 0 Å². The molecule has 3 atom stereocenters. The molecule has 0 aromatic carbocycles. The molecule has 1 aliphatic rings. The van der Waals surface area contributed by atoms with Crippen molar-refractivity contribution in [2.24, 2.45) is 0 Å². The molecule has 0 aromatic heterocycles. The Balaban J connectivity index is 2.32. The van der Waals surface area contributed by atoms with Crippen LogP contribution in [0.1, 0.15) is 33.1 Å². The molecule has 0 saturated carbocycles. The lowest BCUT2D eigenvalue weighted by molar-refractivity contribution is 0.148. The number of hydrogen-bond acceptors (Lipinski definition) is 3. The number of hydrogen-bond donors (Lipinski definition) is 2. The minimum Gasteiger partial charge on any atom is -0.395 e. The van der Waals surface area contributed by atoms with Crippen LogP contribution in [0, 0.1) is 0 Å². The summed E-state index contributed by atoms with van der Waals surface area (Å²) in [6.07, 6.45) is 3.42. The van der Waals surface area contributed by atoms with Crippen LogP contribution in [-0.2, 0) is 0 Å². The number of piperidine rings is 1. The average Bonchev–Trinajstić information content (AvgIpc) is 2.19. The molecule has 1 saturated heterocycles. The molecule has 2 N–H and O–H groups in total. The van der Waals surface area contributed by atoms with Gasteiger partial charge >= 0.3 is 0 Å². The largest absolute Gasteiger partial charge is 0.395 e. The van der Waals surface area contributed by atoms with Crippen LogP contribution in [0.15, 0.2) is 0 Å². The lowest BCUT2D eigenvalue weighted by Gasteiger charge is -2.36. The van der Waals surface area contributed by atoms with Crippen molar-refractivity contribution in [3.63, 3.8) is 0 Å². The van der Waals surface area contributed by atoms with Crippen LogP contribution in [0.4, 0.5) is 0 Å². The van der Waals surface area contributed by atoms with E-state index in [1.807, 2.05) is 0 Å². The molecule has 1 heterocycles. The predicted octanol–water partition coefficient (Wildman–Crippen LogP) is 0.830. The lowest BCUT2D eigenvalue weighted by atomic mass is 9.98. The summed E-state index contributed by atoms with van der Waals surface area (Å²) >= 11 is 0. The molecule has 0 amide bonds. The first kappa shape index (κ1) is 12.0. The third-order valence-electron chi connectivity index (χ3n) is 3.39. The lowest BCUT2D eigenvalue weighted by Crippen LogP contribution is -2.49. The first-order chi connectivity index (χ1) is 6.67. The molecule has 3 unspecified atom stereocenters. The van der Waals surface area contributed by atoms with Crippen LogP contribution in [0.5, 0.6) is 0 Å². The maximum Gasteiger partial charge on any atom is 0.0584 e. The van der Waals surface area contributed by atoms with Crippen LogP contribution in [0.2, 0.25) is 0 Å². The predicted molar refractivity (Wildman–Crippen MR) is 59.4 cm³/mol. The van der Waals surface area contributed by atoms with Gasteiger partial charge in [0, 0.05) is 18.1 Å². The Morgan fingerprint density at radius 2 is 2.29 bits per heavy atom. The molecule has 0 spiro atoms. The molecule has 84 valence electrons. The standard InChI is InChI=1S/C11H24N2O/c1-4-10(8-14)12-11-5-6-13(3)9(2)7-11/h9-12,14H,4-8H2,1-3H3. The highest BCUT2D eigenvalue weighted by Crippen LogP contribution is 2.15. The highest BCUT2D eigenvalue weighted by molar-refractivity contribution is 4.83. The highest BCUT2D eigenvalue weighted by atomic mass is 16.3. The van der Waals surface area contributed by atoms with Gasteiger partial charge in [-0.1, -0.05) is 6.92 Å². The van der Waals surface area contributed by atoms with Crippen molar-refractivity contribution < 1.29 is 5.11 Å². The average molecular weight is 200 g/mol. The highest BCUT2D eigenvalue weighted by Gasteiger charge is 2.23. The van der Waals surface area contributed by atoms with Gasteiger partial charge in [-0.3, -0.25) is 0 Å². The SMILES string of the molecule is CCC(CO)NC1CCN(C)C(C)C1. The zero-order chi connectivity index (χ0) is 10.6. The quantitative estimate of drug-likeness (QED) is 0.705. The molecular formula is C11H24N2O. The minimum absolute atomic E-state index is 0.261. The van der Waals surface area contributed by atoms with E-state index in [9.17, 15) is 0 Å². The molecule has 0 aromatic rings. The van der Waals surface area contributed by atoms with E-state index >= 15 is 0 Å². The topological polar surface area (TPSA) is 35.5 Å². The smallest absolute Gasteiger partial charge is 0.0584 e. The van der Waals surface area contributed by atoms with E-state index in [0.717, 1.165) is 6.42 Å². The molecule has 14 heavy (non-hydrogen) atoms. The summed E-state index contributed by atoms with van der Waals surface area (Å²) in [5, 5.41) is 12.6. The fourth-order valence-electron chi connectivity index (χ4n) is 2.07. The van der Waals surface area contributed by atoms with Crippen molar-refractivity contribution in [2.75, 3.05) is 20.2 Å². The Kier molecular flexibility index (Phi) is 4.85. The van der Waals surface area contributed by atoms with Crippen molar-refractivity contribution in [2.45, 2.75) is 51.2 Å². The van der Waals surface area contributed by atoms with Crippen molar-refractivity contribution >= 4 is 0 Å². The number of nitrogens with zero attached hydrogens (tertiary/aromatic N) is 1. The van der Waals surface area contributed by atoms with E-state index in [1.54, 1.807) is 0 Å². The summed E-state index contributed by atoms with van der Waals surface area (Å²) in [7, 11) is 2.18. The monoisotopic (exact) mass is 200 g/mol. The van der Waals surface area contributed by atoms with Gasteiger partial charge in [0.25, 0.3) is 0 Å². The van der Waals surface area contributed by atoms with Gasteiger partial charge in [-0.05, 0) is 39.8 Å². The summed E-state index contributed by atoms with van der Waals surface area (Å²) < 4.78 is 0. The Labute approximate surface area is 87.5 Å². The van der Waals surface area contributed by atoms with Crippen molar-refractivity contribution in [3.8, 4) is 0 Å². The third-order valence-corrected chi connectivity index (χ3v) is 3.39. The minimum atomic E-state index is 0.261. The third kappa shape index (κ3) is 3.23. The molecule has 0 radical (unpaired) electrons. The molecule has 0 bridgehead atoms. The van der Waals surface area contributed by atoms with Crippen LogP contribution in [-0.4, -0.2) is 48.3 Å². The zero-order valence-corrected chi connectivity index (χ0v) is 9.66. The number of nitrogens with one attached hydrogen (secondary N) is 1. The zero-order valence-electron chi connectivity index (χ0n) is 9.66. The van der Waals surface area contributed by atoms with E-state index in [2.05, 4.69) is 31.1 Å². The van der Waals surface area contributed by atoms with E-state index in [1.165, 1.54) is 19.4 Å². The van der Waals surface area contributed by atoms with Crippen molar-refractivity contribution in [1.29, 1.82) is 0 Å². The second-order valence-electron chi connectivity index (χ2n) is 4.51. The molecule has 1 fully saturated rings. The van der Waals surface area contributed by atoms with Gasteiger partial charge in [0.15, 0.2) is 0 Å². The number of aliphatic hydroxyl groups excluding tert-OH is 1. The van der Waals surface area contributed by atoms with Crippen LogP contribution >= 0.6 is 0 Å². The number of aliphatic hydroxyl groups is 1. The van der Waals surface area contributed by atoms with Crippen molar-refractivity contribution in [3.05, 3.63) is 0 Å². The molecular weight excluding hydrogens is 176 g/mol. The normalized spacial score (nSPS) is 31.7. The van der Waals surface area contributed by atoms with E-state index in [4.69, 9.17) is 5.11 Å². The fourth-order valence-corrected chi connectivity index (χ4v) is 2.07. The summed E-state index contributed by atoms with van der Waals surface area (Å²) in [6.45, 7) is 5.82. The second-order valence-corrected chi connectivity index (χ2v) is 4.51. The van der Waals surface area contributed by atoms with Gasteiger partial charge in [0.05, 0.1) is 6.61 Å². The van der Waals surface area contributed by atoms with Crippen LogP contribution in [0.3, 0.4) is 0 Å². The summed E-state index contributed by atoms with van der Waals surface area (Å²) in [5.74, 6) is 0. The summed E-state index contributed by atoms with van der Waals surface area (Å²) in [6, 6.07) is 1.55. The number of rotatable bonds is 4. The summed E-state index contributed by atoms with van der Waals surface area (Å²) in [5.41, 5.74) is 0. The fraction of sp³-hybridized carbons (Fsp3) is 1.00. The van der Waals surface area contributed by atoms with Crippen LogP contribution < -0.4 is 5.32 Å². The maximum atomic E-state index is 9.10. The molecule has 1 aliphatic heterocycles. The Hall–Kier alpha value is -0.120.